The number of nitrogens with zero attached hydrogens (tertiary/aromatic N) is 2. The van der Waals surface area contributed by atoms with E-state index in [1.165, 1.54) is 0 Å². The fourth-order valence-corrected chi connectivity index (χ4v) is 1.77. The number of pyridine rings is 1. The van der Waals surface area contributed by atoms with Gasteiger partial charge in [-0.1, -0.05) is 12.1 Å². The molecule has 0 unspecified atom stereocenters. The summed E-state index contributed by atoms with van der Waals surface area (Å²) in [4.78, 5) is 4.51. The maximum atomic E-state index is 5.16. The topological polar surface area (TPSA) is 26.5 Å². The third-order valence-corrected chi connectivity index (χ3v) is 2.52. The Balaban J connectivity index is 2.43. The summed E-state index contributed by atoms with van der Waals surface area (Å²) in [5.41, 5.74) is 3.04. The summed E-state index contributed by atoms with van der Waals surface area (Å²) in [6, 6.07) is 11.9. The highest BCUT2D eigenvalue weighted by Crippen LogP contribution is 2.19. The van der Waals surface area contributed by atoms with Crippen molar-refractivity contribution in [3.63, 3.8) is 0 Å². The van der Waals surface area contributed by atoms with Crippen molar-refractivity contribution in [1.82, 2.24) is 9.38 Å². The van der Waals surface area contributed by atoms with Crippen molar-refractivity contribution in [2.45, 2.75) is 0 Å². The Kier molecular flexibility index (Phi) is 1.65. The van der Waals surface area contributed by atoms with Crippen LogP contribution in [-0.2, 0) is 0 Å². The average Bonchev–Trinajstić information content (AvgIpc) is 2.66. The molecule has 15 heavy (non-hydrogen) atoms. The van der Waals surface area contributed by atoms with Crippen molar-refractivity contribution in [3.05, 3.63) is 42.6 Å². The van der Waals surface area contributed by atoms with Crippen LogP contribution in [0.4, 0.5) is 0 Å². The van der Waals surface area contributed by atoms with Crippen molar-refractivity contribution in [2.75, 3.05) is 7.11 Å². The predicted molar refractivity (Wildman–Crippen MR) is 59.3 cm³/mol. The van der Waals surface area contributed by atoms with Gasteiger partial charge in [-0.15, -0.1) is 0 Å². The normalized spacial score (nSPS) is 11.0. The molecule has 0 aliphatic heterocycles. The lowest BCUT2D eigenvalue weighted by atomic mass is 10.3. The number of rotatable bonds is 1. The van der Waals surface area contributed by atoms with Crippen LogP contribution >= 0.6 is 0 Å². The first-order valence-corrected chi connectivity index (χ1v) is 4.79. The number of para-hydroxylation sites is 2. The molecular formula is C12H10N2O. The van der Waals surface area contributed by atoms with Crippen LogP contribution in [0, 0.1) is 0 Å². The second kappa shape index (κ2) is 2.98. The molecule has 3 rings (SSSR count). The van der Waals surface area contributed by atoms with Crippen LogP contribution in [0.2, 0.25) is 0 Å². The van der Waals surface area contributed by atoms with Crippen molar-refractivity contribution < 1.29 is 4.74 Å². The molecule has 0 bridgehead atoms. The van der Waals surface area contributed by atoms with Gasteiger partial charge in [0.25, 0.3) is 0 Å². The minimum absolute atomic E-state index is 0.831. The number of hydrogen-bond donors (Lipinski definition) is 0. The highest BCUT2D eigenvalue weighted by atomic mass is 16.5. The Morgan fingerprint density at radius 1 is 1.20 bits per heavy atom. The van der Waals surface area contributed by atoms with E-state index in [4.69, 9.17) is 4.74 Å². The zero-order valence-electron chi connectivity index (χ0n) is 8.34. The molecular weight excluding hydrogens is 188 g/mol. The van der Waals surface area contributed by atoms with Gasteiger partial charge in [0.15, 0.2) is 0 Å². The Labute approximate surface area is 86.9 Å². The van der Waals surface area contributed by atoms with Gasteiger partial charge in [-0.3, -0.25) is 4.40 Å². The number of benzene rings is 1. The number of fused-ring (bicyclic) bond motifs is 3. The number of aromatic nitrogens is 2. The summed E-state index contributed by atoms with van der Waals surface area (Å²) in [7, 11) is 1.66. The molecule has 0 amide bonds. The molecule has 3 aromatic rings. The summed E-state index contributed by atoms with van der Waals surface area (Å²) in [6.07, 6.45) is 1.98. The predicted octanol–water partition coefficient (Wildman–Crippen LogP) is 2.50. The van der Waals surface area contributed by atoms with E-state index in [1.54, 1.807) is 7.11 Å². The zero-order chi connectivity index (χ0) is 10.3. The summed E-state index contributed by atoms with van der Waals surface area (Å²) in [5, 5.41) is 0. The monoisotopic (exact) mass is 198 g/mol. The van der Waals surface area contributed by atoms with Crippen LogP contribution < -0.4 is 4.74 Å². The first kappa shape index (κ1) is 8.29. The fraction of sp³-hybridized carbons (Fsp3) is 0.0833. The van der Waals surface area contributed by atoms with Gasteiger partial charge in [0.05, 0.1) is 18.1 Å². The van der Waals surface area contributed by atoms with E-state index in [0.29, 0.717) is 0 Å². The number of hydrogen-bond acceptors (Lipinski definition) is 2. The minimum Gasteiger partial charge on any atom is -0.497 e. The molecule has 1 aromatic carbocycles. The number of imidazole rings is 1. The molecule has 0 atom stereocenters. The molecule has 2 heterocycles. The SMILES string of the molecule is COc1ccn2c(c1)nc1ccccc12. The van der Waals surface area contributed by atoms with Gasteiger partial charge in [0.1, 0.15) is 11.4 Å². The third kappa shape index (κ3) is 1.16. The first-order valence-electron chi connectivity index (χ1n) is 4.79. The van der Waals surface area contributed by atoms with Gasteiger partial charge in [0.2, 0.25) is 0 Å². The van der Waals surface area contributed by atoms with Crippen LogP contribution in [-0.4, -0.2) is 16.5 Å². The van der Waals surface area contributed by atoms with Gasteiger partial charge in [-0.25, -0.2) is 4.98 Å². The Bertz CT molecular complexity index is 628. The van der Waals surface area contributed by atoms with Crippen molar-refractivity contribution in [1.29, 1.82) is 0 Å². The second-order valence-electron chi connectivity index (χ2n) is 3.40. The quantitative estimate of drug-likeness (QED) is 0.600. The average molecular weight is 198 g/mol. The molecule has 3 heteroatoms. The van der Waals surface area contributed by atoms with E-state index < -0.39 is 0 Å². The van der Waals surface area contributed by atoms with E-state index in [9.17, 15) is 0 Å². The summed E-state index contributed by atoms with van der Waals surface area (Å²) >= 11 is 0. The molecule has 0 saturated carbocycles. The van der Waals surface area contributed by atoms with Crippen LogP contribution in [0.5, 0.6) is 5.75 Å². The Morgan fingerprint density at radius 2 is 2.07 bits per heavy atom. The number of ether oxygens (including phenoxy) is 1. The fourth-order valence-electron chi connectivity index (χ4n) is 1.77. The maximum absolute atomic E-state index is 5.16. The molecule has 0 spiro atoms. The molecule has 74 valence electrons. The van der Waals surface area contributed by atoms with E-state index in [2.05, 4.69) is 15.5 Å². The van der Waals surface area contributed by atoms with Gasteiger partial charge < -0.3 is 4.74 Å². The molecule has 0 N–H and O–H groups in total. The Morgan fingerprint density at radius 3 is 2.93 bits per heavy atom. The lowest BCUT2D eigenvalue weighted by Gasteiger charge is -1.99. The smallest absolute Gasteiger partial charge is 0.141 e. The summed E-state index contributed by atoms with van der Waals surface area (Å²) < 4.78 is 7.22. The van der Waals surface area contributed by atoms with Gasteiger partial charge in [0, 0.05) is 12.3 Å². The van der Waals surface area contributed by atoms with Gasteiger partial charge in [-0.05, 0) is 18.2 Å². The van der Waals surface area contributed by atoms with E-state index in [0.717, 1.165) is 22.4 Å². The van der Waals surface area contributed by atoms with Crippen LogP contribution in [0.15, 0.2) is 42.6 Å². The lowest BCUT2D eigenvalue weighted by molar-refractivity contribution is 0.414. The standard InChI is InChI=1S/C12H10N2O/c1-15-9-6-7-14-11-5-3-2-4-10(11)13-12(14)8-9/h2-8H,1H3. The van der Waals surface area contributed by atoms with E-state index in [1.807, 2.05) is 36.5 Å². The van der Waals surface area contributed by atoms with Gasteiger partial charge in [-0.2, -0.15) is 0 Å². The molecule has 2 aromatic heterocycles. The molecule has 0 fully saturated rings. The Hall–Kier alpha value is -2.03. The zero-order valence-corrected chi connectivity index (χ0v) is 8.34. The van der Waals surface area contributed by atoms with Crippen molar-refractivity contribution in [3.8, 4) is 5.75 Å². The minimum atomic E-state index is 0.831. The summed E-state index contributed by atoms with van der Waals surface area (Å²) in [6.45, 7) is 0. The molecule has 0 aliphatic carbocycles. The molecule has 0 radical (unpaired) electrons. The van der Waals surface area contributed by atoms with Gasteiger partial charge >= 0.3 is 0 Å². The van der Waals surface area contributed by atoms with Crippen molar-refractivity contribution >= 4 is 16.7 Å². The van der Waals surface area contributed by atoms with Crippen LogP contribution in [0.3, 0.4) is 0 Å². The van der Waals surface area contributed by atoms with Crippen molar-refractivity contribution in [2.24, 2.45) is 0 Å². The van der Waals surface area contributed by atoms with E-state index >= 15 is 0 Å². The molecule has 0 aliphatic rings. The third-order valence-electron chi connectivity index (χ3n) is 2.52. The lowest BCUT2D eigenvalue weighted by Crippen LogP contribution is -1.87. The largest absolute Gasteiger partial charge is 0.497 e. The second-order valence-corrected chi connectivity index (χ2v) is 3.40. The highest BCUT2D eigenvalue weighted by molar-refractivity contribution is 5.80. The van der Waals surface area contributed by atoms with E-state index in [-0.39, 0.29) is 0 Å². The van der Waals surface area contributed by atoms with Crippen LogP contribution in [0.25, 0.3) is 16.7 Å². The first-order chi connectivity index (χ1) is 7.38. The van der Waals surface area contributed by atoms with Crippen LogP contribution in [0.1, 0.15) is 0 Å². The highest BCUT2D eigenvalue weighted by Gasteiger charge is 2.03. The summed E-state index contributed by atoms with van der Waals surface area (Å²) in [5.74, 6) is 0.831. The molecule has 3 nitrogen and oxygen atoms in total. The number of methoxy groups -OCH3 is 1. The molecule has 0 saturated heterocycles. The maximum Gasteiger partial charge on any atom is 0.141 e.